The van der Waals surface area contributed by atoms with Gasteiger partial charge in [-0.1, -0.05) is 6.08 Å². The van der Waals surface area contributed by atoms with Gasteiger partial charge in [-0.2, -0.15) is 0 Å². The van der Waals surface area contributed by atoms with E-state index >= 15 is 0 Å². The molecule has 12 heavy (non-hydrogen) atoms. The van der Waals surface area contributed by atoms with Gasteiger partial charge in [0, 0.05) is 5.57 Å². The van der Waals surface area contributed by atoms with Crippen molar-refractivity contribution in [2.24, 2.45) is 0 Å². The van der Waals surface area contributed by atoms with Gasteiger partial charge in [0.2, 0.25) is 5.91 Å². The van der Waals surface area contributed by atoms with E-state index in [2.05, 4.69) is 5.32 Å². The van der Waals surface area contributed by atoms with Crippen LogP contribution >= 0.6 is 0 Å². The summed E-state index contributed by atoms with van der Waals surface area (Å²) in [6.07, 6.45) is 3.42. The van der Waals surface area contributed by atoms with Crippen LogP contribution in [0.25, 0.3) is 0 Å². The monoisotopic (exact) mass is 163 g/mol. The van der Waals surface area contributed by atoms with Gasteiger partial charge >= 0.3 is 0 Å². The number of amides is 1. The minimum atomic E-state index is -0.0301. The molecule has 1 aromatic heterocycles. The van der Waals surface area contributed by atoms with Gasteiger partial charge in [-0.3, -0.25) is 4.79 Å². The van der Waals surface area contributed by atoms with Crippen molar-refractivity contribution in [2.75, 3.05) is 0 Å². The van der Waals surface area contributed by atoms with Gasteiger partial charge in [-0.15, -0.1) is 0 Å². The van der Waals surface area contributed by atoms with E-state index in [0.29, 0.717) is 0 Å². The highest BCUT2D eigenvalue weighted by Gasteiger charge is 2.34. The molecule has 3 nitrogen and oxygen atoms in total. The second kappa shape index (κ2) is 2.52. The van der Waals surface area contributed by atoms with Gasteiger partial charge in [-0.25, -0.2) is 0 Å². The van der Waals surface area contributed by atoms with E-state index in [1.807, 2.05) is 25.1 Å². The Morgan fingerprint density at radius 1 is 1.67 bits per heavy atom. The Morgan fingerprint density at radius 2 is 2.50 bits per heavy atom. The molecule has 1 aliphatic rings. The molecule has 0 bridgehead atoms. The molecule has 1 fully saturated rings. The first-order valence-corrected chi connectivity index (χ1v) is 3.83. The Kier molecular flexibility index (Phi) is 1.50. The lowest BCUT2D eigenvalue weighted by molar-refractivity contribution is -0.122. The lowest BCUT2D eigenvalue weighted by atomic mass is 9.96. The highest BCUT2D eigenvalue weighted by molar-refractivity contribution is 6.01. The lowest BCUT2D eigenvalue weighted by Crippen LogP contribution is -2.44. The van der Waals surface area contributed by atoms with Gasteiger partial charge < -0.3 is 9.73 Å². The fourth-order valence-corrected chi connectivity index (χ4v) is 1.32. The Labute approximate surface area is 70.1 Å². The first-order valence-electron chi connectivity index (χ1n) is 3.83. The average molecular weight is 163 g/mol. The van der Waals surface area contributed by atoms with Crippen molar-refractivity contribution < 1.29 is 9.21 Å². The molecule has 1 atom stereocenters. The molecule has 1 N–H and O–H groups in total. The first kappa shape index (κ1) is 7.16. The number of nitrogens with one attached hydrogen (secondary N) is 1. The molecule has 1 aliphatic heterocycles. The fraction of sp³-hybridized carbons (Fsp3) is 0.222. The molecule has 0 aromatic carbocycles. The van der Waals surface area contributed by atoms with E-state index in [1.54, 1.807) is 6.26 Å². The summed E-state index contributed by atoms with van der Waals surface area (Å²) < 4.78 is 5.16. The number of furan rings is 1. The van der Waals surface area contributed by atoms with Crippen LogP contribution in [0, 0.1) is 0 Å². The van der Waals surface area contributed by atoms with E-state index in [4.69, 9.17) is 4.42 Å². The van der Waals surface area contributed by atoms with E-state index in [0.717, 1.165) is 11.3 Å². The lowest BCUT2D eigenvalue weighted by Gasteiger charge is -2.28. The zero-order valence-electron chi connectivity index (χ0n) is 6.70. The maximum absolute atomic E-state index is 10.9. The third kappa shape index (κ3) is 0.863. The third-order valence-electron chi connectivity index (χ3n) is 1.99. The summed E-state index contributed by atoms with van der Waals surface area (Å²) in [7, 11) is 0. The minimum absolute atomic E-state index is 0.00102. The molecule has 0 radical (unpaired) electrons. The molecule has 3 heteroatoms. The zero-order chi connectivity index (χ0) is 8.55. The van der Waals surface area contributed by atoms with Crippen LogP contribution in [0.3, 0.4) is 0 Å². The molecule has 0 saturated carbocycles. The Morgan fingerprint density at radius 3 is 3.00 bits per heavy atom. The molecule has 0 aliphatic carbocycles. The normalized spacial score (nSPS) is 25.2. The van der Waals surface area contributed by atoms with Crippen molar-refractivity contribution in [3.05, 3.63) is 35.8 Å². The quantitative estimate of drug-likeness (QED) is 0.502. The smallest absolute Gasteiger partial charge is 0.250 e. The van der Waals surface area contributed by atoms with Crippen LogP contribution in [0.1, 0.15) is 18.7 Å². The number of hydrogen-bond acceptors (Lipinski definition) is 2. The molecule has 1 saturated heterocycles. The molecule has 2 heterocycles. The van der Waals surface area contributed by atoms with E-state index in [1.165, 1.54) is 0 Å². The van der Waals surface area contributed by atoms with Crippen molar-refractivity contribution in [3.63, 3.8) is 0 Å². The predicted octanol–water partition coefficient (Wildman–Crippen LogP) is 1.40. The molecular formula is C9H9NO2. The minimum Gasteiger partial charge on any atom is -0.467 e. The first-order chi connectivity index (χ1) is 5.83. The second-order valence-electron chi connectivity index (χ2n) is 2.67. The largest absolute Gasteiger partial charge is 0.467 e. The number of rotatable bonds is 1. The highest BCUT2D eigenvalue weighted by atomic mass is 16.3. The molecule has 62 valence electrons. The number of carbonyl (C=O) groups excluding carboxylic acids is 1. The van der Waals surface area contributed by atoms with Crippen LogP contribution in [-0.4, -0.2) is 5.91 Å². The van der Waals surface area contributed by atoms with Crippen molar-refractivity contribution in [2.45, 2.75) is 13.0 Å². The van der Waals surface area contributed by atoms with Crippen LogP contribution in [0.15, 0.2) is 34.5 Å². The number of hydrogen-bond donors (Lipinski definition) is 1. The van der Waals surface area contributed by atoms with Gasteiger partial charge in [0.25, 0.3) is 0 Å². The number of carbonyl (C=O) groups is 1. The van der Waals surface area contributed by atoms with Crippen molar-refractivity contribution in [3.8, 4) is 0 Å². The Balaban J connectivity index is 2.24. The molecule has 1 unspecified atom stereocenters. The highest BCUT2D eigenvalue weighted by Crippen LogP contribution is 2.29. The Hall–Kier alpha value is -1.51. The van der Waals surface area contributed by atoms with E-state index in [9.17, 15) is 4.79 Å². The zero-order valence-corrected chi connectivity index (χ0v) is 6.70. The van der Waals surface area contributed by atoms with Crippen LogP contribution in [0.5, 0.6) is 0 Å². The summed E-state index contributed by atoms with van der Waals surface area (Å²) in [6.45, 7) is 1.85. The topological polar surface area (TPSA) is 42.2 Å². The summed E-state index contributed by atoms with van der Waals surface area (Å²) in [4.78, 5) is 10.9. The predicted molar refractivity (Wildman–Crippen MR) is 43.3 cm³/mol. The van der Waals surface area contributed by atoms with Crippen LogP contribution < -0.4 is 5.32 Å². The van der Waals surface area contributed by atoms with Gasteiger partial charge in [-0.05, 0) is 19.1 Å². The maximum Gasteiger partial charge on any atom is 0.250 e. The number of β-lactam (4-membered cyclic amide) rings is 1. The van der Waals surface area contributed by atoms with Crippen molar-refractivity contribution >= 4 is 5.91 Å². The van der Waals surface area contributed by atoms with Crippen LogP contribution in [-0.2, 0) is 4.79 Å². The van der Waals surface area contributed by atoms with Gasteiger partial charge in [0.05, 0.1) is 6.26 Å². The molecule has 0 spiro atoms. The molecule has 1 amide bonds. The maximum atomic E-state index is 10.9. The van der Waals surface area contributed by atoms with Crippen LogP contribution in [0.2, 0.25) is 0 Å². The standard InChI is InChI=1S/C9H9NO2/c1-2-6-8(10-9(6)11)7-4-3-5-12-7/h2-5,8H,1H3,(H,10,11)/b6-2+. The molecular weight excluding hydrogens is 154 g/mol. The summed E-state index contributed by atoms with van der Waals surface area (Å²) in [5.74, 6) is 0.793. The SMILES string of the molecule is C/C=C1/C(=O)NC1c1ccco1. The second-order valence-corrected chi connectivity index (χ2v) is 2.67. The van der Waals surface area contributed by atoms with E-state index < -0.39 is 0 Å². The summed E-state index contributed by atoms with van der Waals surface area (Å²) in [5, 5.41) is 2.75. The third-order valence-corrected chi connectivity index (χ3v) is 1.99. The summed E-state index contributed by atoms with van der Waals surface area (Å²) >= 11 is 0. The van der Waals surface area contributed by atoms with Crippen molar-refractivity contribution in [1.82, 2.24) is 5.32 Å². The fourth-order valence-electron chi connectivity index (χ4n) is 1.32. The van der Waals surface area contributed by atoms with Gasteiger partial charge in [0.1, 0.15) is 11.8 Å². The van der Waals surface area contributed by atoms with Gasteiger partial charge in [0.15, 0.2) is 0 Å². The van der Waals surface area contributed by atoms with Crippen molar-refractivity contribution in [1.29, 1.82) is 0 Å². The summed E-state index contributed by atoms with van der Waals surface area (Å²) in [6, 6.07) is 3.64. The van der Waals surface area contributed by atoms with Crippen LogP contribution in [0.4, 0.5) is 0 Å². The molecule has 2 rings (SSSR count). The summed E-state index contributed by atoms with van der Waals surface area (Å²) in [5.41, 5.74) is 0.782. The average Bonchev–Trinajstić information content (AvgIpc) is 2.52. The Bertz CT molecular complexity index is 324. The number of allylic oxidation sites excluding steroid dienone is 1. The van der Waals surface area contributed by atoms with E-state index in [-0.39, 0.29) is 11.9 Å². The molecule has 1 aromatic rings.